The van der Waals surface area contributed by atoms with E-state index in [4.69, 9.17) is 4.74 Å². The Morgan fingerprint density at radius 3 is 2.64 bits per heavy atom. The second-order valence-electron chi connectivity index (χ2n) is 5.64. The number of nitrogens with one attached hydrogen (secondary N) is 2. The number of para-hydroxylation sites is 1. The van der Waals surface area contributed by atoms with Crippen LogP contribution in [0.5, 0.6) is 5.75 Å². The molecule has 0 fully saturated rings. The predicted octanol–water partition coefficient (Wildman–Crippen LogP) is 3.62. The summed E-state index contributed by atoms with van der Waals surface area (Å²) < 4.78 is 5.13. The number of carbonyl (C=O) groups excluding carboxylic acids is 1. The number of amides is 1. The second-order valence-corrected chi connectivity index (χ2v) is 5.64. The summed E-state index contributed by atoms with van der Waals surface area (Å²) in [5, 5.41) is 6.43. The smallest absolute Gasteiger partial charge is 0.232 e. The third kappa shape index (κ3) is 2.91. The molecule has 114 valence electrons. The number of carbonyl (C=O) groups is 1. The van der Waals surface area contributed by atoms with Crippen LogP contribution in [0.4, 0.5) is 11.4 Å². The maximum atomic E-state index is 12.7. The van der Waals surface area contributed by atoms with Gasteiger partial charge in [-0.2, -0.15) is 0 Å². The molecule has 1 amide bonds. The topological polar surface area (TPSA) is 50.4 Å². The van der Waals surface area contributed by atoms with Crippen molar-refractivity contribution in [3.05, 3.63) is 54.1 Å². The van der Waals surface area contributed by atoms with Gasteiger partial charge in [0.1, 0.15) is 5.75 Å². The van der Waals surface area contributed by atoms with Gasteiger partial charge in [0.2, 0.25) is 5.91 Å². The lowest BCUT2D eigenvalue weighted by Crippen LogP contribution is -2.32. The van der Waals surface area contributed by atoms with E-state index in [2.05, 4.69) is 17.6 Å². The van der Waals surface area contributed by atoms with Crippen LogP contribution in [0.3, 0.4) is 0 Å². The van der Waals surface area contributed by atoms with Crippen LogP contribution in [-0.2, 0) is 4.79 Å². The van der Waals surface area contributed by atoms with E-state index in [1.54, 1.807) is 7.11 Å². The minimum atomic E-state index is -0.130. The Kier molecular flexibility index (Phi) is 4.00. The highest BCUT2D eigenvalue weighted by atomic mass is 16.5. The average Bonchev–Trinajstić information content (AvgIpc) is 2.54. The van der Waals surface area contributed by atoms with Gasteiger partial charge in [-0.15, -0.1) is 0 Å². The Bertz CT molecular complexity index is 667. The van der Waals surface area contributed by atoms with Crippen molar-refractivity contribution in [2.24, 2.45) is 0 Å². The van der Waals surface area contributed by atoms with Gasteiger partial charge in [0.05, 0.1) is 13.0 Å². The number of benzene rings is 2. The van der Waals surface area contributed by atoms with Gasteiger partial charge in [-0.05, 0) is 49.2 Å². The molecule has 0 spiro atoms. The molecule has 2 aromatic carbocycles. The number of hydrogen-bond acceptors (Lipinski definition) is 3. The summed E-state index contributed by atoms with van der Waals surface area (Å²) in [7, 11) is 1.63. The van der Waals surface area contributed by atoms with Crippen molar-refractivity contribution in [3.63, 3.8) is 0 Å². The van der Waals surface area contributed by atoms with Crippen LogP contribution in [0.25, 0.3) is 0 Å². The first kappa shape index (κ1) is 14.4. The van der Waals surface area contributed by atoms with Gasteiger partial charge in [0.15, 0.2) is 0 Å². The highest BCUT2D eigenvalue weighted by Gasteiger charge is 2.29. The van der Waals surface area contributed by atoms with E-state index in [0.717, 1.165) is 29.1 Å². The van der Waals surface area contributed by atoms with Crippen LogP contribution < -0.4 is 15.4 Å². The summed E-state index contributed by atoms with van der Waals surface area (Å²) in [6, 6.07) is 15.7. The minimum absolute atomic E-state index is 0.0333. The maximum absolute atomic E-state index is 12.7. The van der Waals surface area contributed by atoms with Crippen LogP contribution in [0.15, 0.2) is 48.5 Å². The van der Waals surface area contributed by atoms with Crippen LogP contribution in [-0.4, -0.2) is 19.1 Å². The van der Waals surface area contributed by atoms with Gasteiger partial charge in [0.25, 0.3) is 0 Å². The van der Waals surface area contributed by atoms with Gasteiger partial charge in [0, 0.05) is 17.4 Å². The number of ether oxygens (including phenoxy) is 1. The lowest BCUT2D eigenvalue weighted by Gasteiger charge is -2.30. The normalized spacial score (nSPS) is 19.7. The summed E-state index contributed by atoms with van der Waals surface area (Å²) in [6.45, 7) is 2.10. The van der Waals surface area contributed by atoms with E-state index >= 15 is 0 Å². The van der Waals surface area contributed by atoms with Gasteiger partial charge in [-0.1, -0.05) is 18.2 Å². The standard InChI is InChI=1S/C18H20N2O2/c1-12-11-16(15-5-3-4-6-17(15)19-12)18(21)20-13-7-9-14(22-2)10-8-13/h3-10,12,16,19H,11H2,1-2H3,(H,20,21). The summed E-state index contributed by atoms with van der Waals surface area (Å²) in [5.74, 6) is 0.680. The Labute approximate surface area is 130 Å². The molecular formula is C18H20N2O2. The molecule has 2 atom stereocenters. The fourth-order valence-corrected chi connectivity index (χ4v) is 2.89. The molecule has 3 rings (SSSR count). The van der Waals surface area contributed by atoms with E-state index in [1.807, 2.05) is 48.5 Å². The molecule has 0 aliphatic carbocycles. The first-order valence-corrected chi connectivity index (χ1v) is 7.48. The van der Waals surface area contributed by atoms with Crippen LogP contribution in [0.1, 0.15) is 24.8 Å². The van der Waals surface area contributed by atoms with Crippen molar-refractivity contribution < 1.29 is 9.53 Å². The van der Waals surface area contributed by atoms with Crippen molar-refractivity contribution in [2.75, 3.05) is 17.7 Å². The second kappa shape index (κ2) is 6.10. The van der Waals surface area contributed by atoms with Crippen LogP contribution in [0, 0.1) is 0 Å². The zero-order chi connectivity index (χ0) is 15.5. The molecule has 1 aliphatic rings. The van der Waals surface area contributed by atoms with Gasteiger partial charge in [-0.3, -0.25) is 4.79 Å². The third-order valence-electron chi connectivity index (χ3n) is 4.00. The fourth-order valence-electron chi connectivity index (χ4n) is 2.89. The molecule has 2 N–H and O–H groups in total. The molecule has 2 unspecified atom stereocenters. The molecular weight excluding hydrogens is 276 g/mol. The molecule has 0 aromatic heterocycles. The lowest BCUT2D eigenvalue weighted by molar-refractivity contribution is -0.117. The summed E-state index contributed by atoms with van der Waals surface area (Å²) in [6.07, 6.45) is 0.791. The van der Waals surface area contributed by atoms with E-state index in [9.17, 15) is 4.79 Å². The molecule has 0 saturated carbocycles. The number of anilines is 2. The Morgan fingerprint density at radius 2 is 1.91 bits per heavy atom. The minimum Gasteiger partial charge on any atom is -0.497 e. The highest BCUT2D eigenvalue weighted by molar-refractivity contribution is 5.97. The first-order chi connectivity index (χ1) is 10.7. The van der Waals surface area contributed by atoms with E-state index < -0.39 is 0 Å². The summed E-state index contributed by atoms with van der Waals surface area (Å²) in [4.78, 5) is 12.7. The summed E-state index contributed by atoms with van der Waals surface area (Å²) >= 11 is 0. The monoisotopic (exact) mass is 296 g/mol. The maximum Gasteiger partial charge on any atom is 0.232 e. The number of hydrogen-bond donors (Lipinski definition) is 2. The Hall–Kier alpha value is -2.49. The first-order valence-electron chi connectivity index (χ1n) is 7.48. The molecule has 4 heteroatoms. The molecule has 2 aromatic rings. The van der Waals surface area contributed by atoms with Gasteiger partial charge < -0.3 is 15.4 Å². The van der Waals surface area contributed by atoms with Crippen LogP contribution >= 0.6 is 0 Å². The molecule has 0 radical (unpaired) electrons. The van der Waals surface area contributed by atoms with Gasteiger partial charge in [-0.25, -0.2) is 0 Å². The van der Waals surface area contributed by atoms with E-state index in [-0.39, 0.29) is 17.9 Å². The van der Waals surface area contributed by atoms with Crippen molar-refractivity contribution in [2.45, 2.75) is 25.3 Å². The molecule has 1 aliphatic heterocycles. The number of fused-ring (bicyclic) bond motifs is 1. The average molecular weight is 296 g/mol. The molecule has 0 bridgehead atoms. The Morgan fingerprint density at radius 1 is 1.18 bits per heavy atom. The van der Waals surface area contributed by atoms with Gasteiger partial charge >= 0.3 is 0 Å². The number of rotatable bonds is 3. The van der Waals surface area contributed by atoms with E-state index in [1.165, 1.54) is 0 Å². The molecule has 4 nitrogen and oxygen atoms in total. The zero-order valence-corrected chi connectivity index (χ0v) is 12.8. The number of methoxy groups -OCH3 is 1. The summed E-state index contributed by atoms with van der Waals surface area (Å²) in [5.41, 5.74) is 2.90. The van der Waals surface area contributed by atoms with E-state index in [0.29, 0.717) is 0 Å². The van der Waals surface area contributed by atoms with Crippen molar-refractivity contribution in [3.8, 4) is 5.75 Å². The van der Waals surface area contributed by atoms with Crippen LogP contribution in [0.2, 0.25) is 0 Å². The van der Waals surface area contributed by atoms with Crippen molar-refractivity contribution in [1.29, 1.82) is 0 Å². The SMILES string of the molecule is COc1ccc(NC(=O)C2CC(C)Nc3ccccc32)cc1. The van der Waals surface area contributed by atoms with Crippen molar-refractivity contribution >= 4 is 17.3 Å². The fraction of sp³-hybridized carbons (Fsp3) is 0.278. The lowest BCUT2D eigenvalue weighted by atomic mass is 9.87. The third-order valence-corrected chi connectivity index (χ3v) is 4.00. The molecule has 0 saturated heterocycles. The van der Waals surface area contributed by atoms with Crippen molar-refractivity contribution in [1.82, 2.24) is 0 Å². The Balaban J connectivity index is 1.79. The predicted molar refractivity (Wildman–Crippen MR) is 88.5 cm³/mol. The largest absolute Gasteiger partial charge is 0.497 e. The quantitative estimate of drug-likeness (QED) is 0.909. The highest BCUT2D eigenvalue weighted by Crippen LogP contribution is 2.34. The molecule has 1 heterocycles. The zero-order valence-electron chi connectivity index (χ0n) is 12.8. The molecule has 22 heavy (non-hydrogen) atoms.